The average Bonchev–Trinajstić information content (AvgIpc) is 2.69. The first-order valence-corrected chi connectivity index (χ1v) is 10.4. The topological polar surface area (TPSA) is 86.9 Å². The summed E-state index contributed by atoms with van der Waals surface area (Å²) in [5, 5.41) is -0.0196. The molecule has 9 heteroatoms. The Bertz CT molecular complexity index is 1230. The van der Waals surface area contributed by atoms with Gasteiger partial charge in [-0.05, 0) is 44.0 Å². The predicted octanol–water partition coefficient (Wildman–Crippen LogP) is 2.96. The first-order valence-electron chi connectivity index (χ1n) is 9.54. The van der Waals surface area contributed by atoms with Crippen LogP contribution in [0.2, 0.25) is 0 Å². The molecule has 1 aromatic carbocycles. The van der Waals surface area contributed by atoms with Crippen LogP contribution in [0.3, 0.4) is 0 Å². The number of halogens is 1. The summed E-state index contributed by atoms with van der Waals surface area (Å²) in [7, 11) is 1.42. The monoisotopic (exact) mass is 430 g/mol. The molecular formula is C21H23FN4O3S. The number of hydrogen-bond acceptors (Lipinski definition) is 6. The molecule has 3 rings (SSSR count). The minimum Gasteiger partial charge on any atom is -0.293 e. The Kier molecular flexibility index (Phi) is 6.21. The van der Waals surface area contributed by atoms with Crippen molar-refractivity contribution in [3.05, 3.63) is 62.3 Å². The average molecular weight is 431 g/mol. The number of carbonyl (C=O) groups excluding carboxylic acids is 1. The van der Waals surface area contributed by atoms with E-state index in [4.69, 9.17) is 0 Å². The van der Waals surface area contributed by atoms with Crippen LogP contribution in [0.1, 0.15) is 37.0 Å². The highest BCUT2D eigenvalue weighted by Crippen LogP contribution is 2.28. The standard InChI is InChI=1S/C21H23FN4O3S/c1-11(2)10-26-18-16(20(28)25(5)21(26)29)19(24-13(4)23-18)30-12(3)17(27)14-6-8-15(22)9-7-14/h6-9,11-12H,10H2,1-5H3. The van der Waals surface area contributed by atoms with E-state index in [9.17, 15) is 18.8 Å². The summed E-state index contributed by atoms with van der Waals surface area (Å²) < 4.78 is 15.7. The lowest BCUT2D eigenvalue weighted by Crippen LogP contribution is -2.39. The normalized spacial score (nSPS) is 12.5. The molecule has 0 bridgehead atoms. The van der Waals surface area contributed by atoms with E-state index >= 15 is 0 Å². The van der Waals surface area contributed by atoms with Gasteiger partial charge in [0.05, 0.1) is 5.25 Å². The fraction of sp³-hybridized carbons (Fsp3) is 0.381. The van der Waals surface area contributed by atoms with Gasteiger partial charge >= 0.3 is 5.69 Å². The summed E-state index contributed by atoms with van der Waals surface area (Å²) in [6, 6.07) is 5.32. The quantitative estimate of drug-likeness (QED) is 0.340. The van der Waals surface area contributed by atoms with Crippen LogP contribution in [0.5, 0.6) is 0 Å². The van der Waals surface area contributed by atoms with E-state index in [1.807, 2.05) is 13.8 Å². The minimum atomic E-state index is -0.580. The second-order valence-corrected chi connectivity index (χ2v) is 8.89. The van der Waals surface area contributed by atoms with Crippen LogP contribution in [-0.2, 0) is 13.6 Å². The van der Waals surface area contributed by atoms with Gasteiger partial charge in [-0.3, -0.25) is 18.7 Å². The van der Waals surface area contributed by atoms with E-state index in [1.165, 1.54) is 35.9 Å². The highest BCUT2D eigenvalue weighted by Gasteiger charge is 2.23. The summed E-state index contributed by atoms with van der Waals surface area (Å²) >= 11 is 1.13. The van der Waals surface area contributed by atoms with Gasteiger partial charge < -0.3 is 0 Å². The maximum atomic E-state index is 13.2. The first-order chi connectivity index (χ1) is 14.1. The first kappa shape index (κ1) is 21.9. The Hall–Kier alpha value is -2.81. The number of thioether (sulfide) groups is 1. The molecule has 158 valence electrons. The summed E-state index contributed by atoms with van der Waals surface area (Å²) in [6.45, 7) is 7.72. The summed E-state index contributed by atoms with van der Waals surface area (Å²) in [4.78, 5) is 47.1. The van der Waals surface area contributed by atoms with E-state index in [2.05, 4.69) is 9.97 Å². The van der Waals surface area contributed by atoms with Crippen LogP contribution in [0.4, 0.5) is 4.39 Å². The van der Waals surface area contributed by atoms with Gasteiger partial charge in [-0.2, -0.15) is 0 Å². The van der Waals surface area contributed by atoms with E-state index in [0.717, 1.165) is 16.3 Å². The van der Waals surface area contributed by atoms with Crippen molar-refractivity contribution in [1.82, 2.24) is 19.1 Å². The van der Waals surface area contributed by atoms with Crippen LogP contribution >= 0.6 is 11.8 Å². The van der Waals surface area contributed by atoms with Crippen molar-refractivity contribution in [2.75, 3.05) is 0 Å². The Labute approximate surface area is 177 Å². The predicted molar refractivity (Wildman–Crippen MR) is 115 cm³/mol. The minimum absolute atomic E-state index is 0.161. The molecular weight excluding hydrogens is 407 g/mol. The molecule has 0 fully saturated rings. The third kappa shape index (κ3) is 4.21. The van der Waals surface area contributed by atoms with Crippen molar-refractivity contribution < 1.29 is 9.18 Å². The molecule has 2 heterocycles. The maximum absolute atomic E-state index is 13.2. The largest absolute Gasteiger partial charge is 0.332 e. The zero-order chi connectivity index (χ0) is 22.2. The SMILES string of the molecule is Cc1nc(SC(C)C(=O)c2ccc(F)cc2)c2c(=O)n(C)c(=O)n(CC(C)C)c2n1. The van der Waals surface area contributed by atoms with Gasteiger partial charge in [0.2, 0.25) is 0 Å². The Morgan fingerprint density at radius 3 is 2.37 bits per heavy atom. The Morgan fingerprint density at radius 2 is 1.77 bits per heavy atom. The Morgan fingerprint density at radius 1 is 1.13 bits per heavy atom. The third-order valence-corrected chi connectivity index (χ3v) is 5.68. The van der Waals surface area contributed by atoms with Crippen molar-refractivity contribution in [1.29, 1.82) is 0 Å². The molecule has 7 nitrogen and oxygen atoms in total. The van der Waals surface area contributed by atoms with Crippen molar-refractivity contribution in [3.8, 4) is 0 Å². The number of aryl methyl sites for hydroxylation is 1. The van der Waals surface area contributed by atoms with E-state index < -0.39 is 22.3 Å². The highest BCUT2D eigenvalue weighted by molar-refractivity contribution is 8.00. The van der Waals surface area contributed by atoms with Gasteiger partial charge in [-0.15, -0.1) is 0 Å². The molecule has 0 radical (unpaired) electrons. The third-order valence-electron chi connectivity index (χ3n) is 4.59. The van der Waals surface area contributed by atoms with Crippen molar-refractivity contribution >= 4 is 28.6 Å². The number of Topliss-reactive ketones (excluding diaryl/α,β-unsaturated/α-hetero) is 1. The number of ketones is 1. The van der Waals surface area contributed by atoms with Crippen LogP contribution in [0.25, 0.3) is 11.0 Å². The number of fused-ring (bicyclic) bond motifs is 1. The molecule has 1 unspecified atom stereocenters. The van der Waals surface area contributed by atoms with E-state index in [1.54, 1.807) is 13.8 Å². The lowest BCUT2D eigenvalue weighted by atomic mass is 10.1. The highest BCUT2D eigenvalue weighted by atomic mass is 32.2. The summed E-state index contributed by atoms with van der Waals surface area (Å²) in [5.74, 6) is -0.0713. The fourth-order valence-corrected chi connectivity index (χ4v) is 4.19. The van der Waals surface area contributed by atoms with Crippen LogP contribution in [-0.4, -0.2) is 30.1 Å². The molecule has 0 N–H and O–H groups in total. The molecule has 3 aromatic rings. The molecule has 30 heavy (non-hydrogen) atoms. The lowest BCUT2D eigenvalue weighted by Gasteiger charge is -2.16. The van der Waals surface area contributed by atoms with Gasteiger partial charge in [-0.25, -0.2) is 19.2 Å². The van der Waals surface area contributed by atoms with E-state index in [0.29, 0.717) is 23.0 Å². The van der Waals surface area contributed by atoms with Gasteiger partial charge in [0.15, 0.2) is 11.4 Å². The van der Waals surface area contributed by atoms with E-state index in [-0.39, 0.29) is 22.7 Å². The smallest absolute Gasteiger partial charge is 0.293 e. The number of nitrogens with zero attached hydrogens (tertiary/aromatic N) is 4. The summed E-state index contributed by atoms with van der Waals surface area (Å²) in [6.07, 6.45) is 0. The van der Waals surface area contributed by atoms with Gasteiger partial charge in [0.1, 0.15) is 22.1 Å². The van der Waals surface area contributed by atoms with Gasteiger partial charge in [-0.1, -0.05) is 25.6 Å². The zero-order valence-electron chi connectivity index (χ0n) is 17.5. The molecule has 0 amide bonds. The molecule has 0 saturated heterocycles. The maximum Gasteiger partial charge on any atom is 0.332 e. The number of benzene rings is 1. The van der Waals surface area contributed by atoms with Crippen LogP contribution in [0.15, 0.2) is 38.9 Å². The second kappa shape index (κ2) is 8.51. The number of hydrogen-bond donors (Lipinski definition) is 0. The van der Waals surface area contributed by atoms with Gasteiger partial charge in [0, 0.05) is 19.2 Å². The lowest BCUT2D eigenvalue weighted by molar-refractivity contribution is 0.0994. The number of carbonyl (C=O) groups is 1. The molecule has 0 aliphatic carbocycles. The molecule has 1 atom stereocenters. The van der Waals surface area contributed by atoms with Crippen molar-refractivity contribution in [2.45, 2.75) is 44.5 Å². The number of aromatic nitrogens is 4. The fourth-order valence-electron chi connectivity index (χ4n) is 3.13. The summed E-state index contributed by atoms with van der Waals surface area (Å²) in [5.41, 5.74) is -0.297. The van der Waals surface area contributed by atoms with Crippen LogP contribution < -0.4 is 11.2 Å². The Balaban J connectivity index is 2.13. The number of rotatable bonds is 6. The van der Waals surface area contributed by atoms with Crippen molar-refractivity contribution in [2.24, 2.45) is 13.0 Å². The van der Waals surface area contributed by atoms with Gasteiger partial charge in [0.25, 0.3) is 5.56 Å². The second-order valence-electron chi connectivity index (χ2n) is 7.56. The molecule has 0 spiro atoms. The molecule has 0 aliphatic rings. The van der Waals surface area contributed by atoms with Crippen LogP contribution in [0, 0.1) is 18.7 Å². The van der Waals surface area contributed by atoms with Crippen molar-refractivity contribution in [3.63, 3.8) is 0 Å². The molecule has 0 saturated carbocycles. The molecule has 0 aliphatic heterocycles. The zero-order valence-corrected chi connectivity index (χ0v) is 18.3. The molecule has 2 aromatic heterocycles.